The van der Waals surface area contributed by atoms with Gasteiger partial charge in [-0.15, -0.1) is 0 Å². The third-order valence-corrected chi connectivity index (χ3v) is 3.25. The lowest BCUT2D eigenvalue weighted by Gasteiger charge is -1.99. The van der Waals surface area contributed by atoms with Crippen LogP contribution in [0.25, 0.3) is 10.2 Å². The second kappa shape index (κ2) is 4.39. The Balaban J connectivity index is 1.89. The van der Waals surface area contributed by atoms with E-state index >= 15 is 0 Å². The number of nitrogens with zero attached hydrogens (tertiary/aromatic N) is 4. The van der Waals surface area contributed by atoms with E-state index in [1.54, 1.807) is 11.3 Å². The Morgan fingerprint density at radius 3 is 2.78 bits per heavy atom. The van der Waals surface area contributed by atoms with Crippen molar-refractivity contribution in [2.75, 3.05) is 5.32 Å². The molecule has 2 aromatic heterocycles. The average molecular weight is 253 g/mol. The number of nitrogens with one attached hydrogen (secondary N) is 1. The molecule has 2 heterocycles. The number of hydrogen-bond donors (Lipinski definition) is 1. The molecule has 0 fully saturated rings. The van der Waals surface area contributed by atoms with E-state index in [1.165, 1.54) is 12.4 Å². The van der Waals surface area contributed by atoms with Gasteiger partial charge >= 0.3 is 0 Å². The summed E-state index contributed by atoms with van der Waals surface area (Å²) in [6.45, 7) is 0. The largest absolute Gasteiger partial charge is 0.315 e. The van der Waals surface area contributed by atoms with Crippen molar-refractivity contribution in [3.8, 4) is 6.07 Å². The van der Waals surface area contributed by atoms with Crippen LogP contribution in [0, 0.1) is 11.3 Å². The van der Waals surface area contributed by atoms with E-state index < -0.39 is 0 Å². The van der Waals surface area contributed by atoms with Gasteiger partial charge in [0.1, 0.15) is 6.07 Å². The Morgan fingerprint density at radius 2 is 2.06 bits per heavy atom. The molecule has 3 rings (SSSR count). The van der Waals surface area contributed by atoms with Crippen LogP contribution in [0.3, 0.4) is 0 Å². The normalized spacial score (nSPS) is 10.2. The highest BCUT2D eigenvalue weighted by Gasteiger charge is 2.04. The maximum atomic E-state index is 8.63. The molecule has 0 spiro atoms. The SMILES string of the molecule is N#Cc1cnc(Nc2nc3ccccc3s2)cn1. The van der Waals surface area contributed by atoms with E-state index in [9.17, 15) is 0 Å². The first-order chi connectivity index (χ1) is 8.85. The zero-order chi connectivity index (χ0) is 12.4. The second-order valence-corrected chi connectivity index (χ2v) is 4.54. The minimum atomic E-state index is 0.296. The van der Waals surface area contributed by atoms with Crippen LogP contribution in [0.2, 0.25) is 0 Å². The maximum absolute atomic E-state index is 8.63. The van der Waals surface area contributed by atoms with Crippen LogP contribution in [0.15, 0.2) is 36.7 Å². The Kier molecular flexibility index (Phi) is 2.59. The lowest BCUT2D eigenvalue weighted by molar-refractivity contribution is 1.16. The minimum absolute atomic E-state index is 0.296. The Morgan fingerprint density at radius 1 is 1.17 bits per heavy atom. The Labute approximate surface area is 107 Å². The smallest absolute Gasteiger partial charge is 0.189 e. The zero-order valence-corrected chi connectivity index (χ0v) is 9.98. The quantitative estimate of drug-likeness (QED) is 0.760. The van der Waals surface area contributed by atoms with Gasteiger partial charge in [-0.1, -0.05) is 23.5 Å². The lowest BCUT2D eigenvalue weighted by Crippen LogP contribution is -1.94. The molecule has 0 aliphatic rings. The first kappa shape index (κ1) is 10.6. The van der Waals surface area contributed by atoms with Crippen molar-refractivity contribution in [2.24, 2.45) is 0 Å². The van der Waals surface area contributed by atoms with Gasteiger partial charge in [-0.05, 0) is 12.1 Å². The molecule has 5 nitrogen and oxygen atoms in total. The van der Waals surface area contributed by atoms with Crippen LogP contribution in [0.4, 0.5) is 10.9 Å². The molecule has 0 saturated heterocycles. The van der Waals surface area contributed by atoms with E-state index in [1.807, 2.05) is 30.3 Å². The molecule has 86 valence electrons. The van der Waals surface area contributed by atoms with Crippen LogP contribution < -0.4 is 5.32 Å². The van der Waals surface area contributed by atoms with E-state index in [0.717, 1.165) is 15.3 Å². The number of nitriles is 1. The summed E-state index contributed by atoms with van der Waals surface area (Å²) in [4.78, 5) is 12.4. The average Bonchev–Trinajstić information content (AvgIpc) is 2.82. The van der Waals surface area contributed by atoms with E-state index in [-0.39, 0.29) is 0 Å². The highest BCUT2D eigenvalue weighted by molar-refractivity contribution is 7.22. The molecule has 3 aromatic rings. The van der Waals surface area contributed by atoms with Crippen LogP contribution in [0.1, 0.15) is 5.69 Å². The summed E-state index contributed by atoms with van der Waals surface area (Å²) in [5.74, 6) is 0.577. The van der Waals surface area contributed by atoms with Crippen molar-refractivity contribution >= 4 is 32.5 Å². The molecule has 0 atom stereocenters. The van der Waals surface area contributed by atoms with Gasteiger partial charge in [-0.2, -0.15) is 5.26 Å². The predicted octanol–water partition coefficient (Wildman–Crippen LogP) is 2.70. The molecule has 6 heteroatoms. The Bertz CT molecular complexity index is 693. The van der Waals surface area contributed by atoms with Crippen LogP contribution in [-0.4, -0.2) is 15.0 Å². The zero-order valence-electron chi connectivity index (χ0n) is 9.16. The van der Waals surface area contributed by atoms with E-state index in [2.05, 4.69) is 20.3 Å². The van der Waals surface area contributed by atoms with E-state index in [4.69, 9.17) is 5.26 Å². The monoisotopic (exact) mass is 253 g/mol. The molecule has 0 bridgehead atoms. The van der Waals surface area contributed by atoms with Gasteiger partial charge in [0.25, 0.3) is 0 Å². The van der Waals surface area contributed by atoms with Gasteiger partial charge in [0.15, 0.2) is 16.6 Å². The van der Waals surface area contributed by atoms with Crippen molar-refractivity contribution in [3.05, 3.63) is 42.4 Å². The fourth-order valence-electron chi connectivity index (χ4n) is 1.49. The number of aromatic nitrogens is 3. The topological polar surface area (TPSA) is 74.5 Å². The number of hydrogen-bond acceptors (Lipinski definition) is 6. The molecule has 1 N–H and O–H groups in total. The number of rotatable bonds is 2. The van der Waals surface area contributed by atoms with Gasteiger partial charge in [0, 0.05) is 0 Å². The summed E-state index contributed by atoms with van der Waals surface area (Å²) < 4.78 is 1.11. The first-order valence-electron chi connectivity index (χ1n) is 5.20. The second-order valence-electron chi connectivity index (χ2n) is 3.51. The maximum Gasteiger partial charge on any atom is 0.189 e. The summed E-state index contributed by atoms with van der Waals surface area (Å²) >= 11 is 1.55. The standard InChI is InChI=1S/C12H7N5S/c13-5-8-6-15-11(7-14-8)17-12-16-9-3-1-2-4-10(9)18-12/h1-4,6-7H,(H,15,16,17). The number of fused-ring (bicyclic) bond motifs is 1. The van der Waals surface area contributed by atoms with Crippen molar-refractivity contribution in [2.45, 2.75) is 0 Å². The third-order valence-electron chi connectivity index (χ3n) is 2.30. The third kappa shape index (κ3) is 1.99. The van der Waals surface area contributed by atoms with Crippen molar-refractivity contribution < 1.29 is 0 Å². The van der Waals surface area contributed by atoms with Crippen molar-refractivity contribution in [1.82, 2.24) is 15.0 Å². The van der Waals surface area contributed by atoms with Gasteiger partial charge < -0.3 is 5.32 Å². The molecule has 0 radical (unpaired) electrons. The molecule has 0 amide bonds. The van der Waals surface area contributed by atoms with E-state index in [0.29, 0.717) is 11.5 Å². The highest BCUT2D eigenvalue weighted by Crippen LogP contribution is 2.27. The van der Waals surface area contributed by atoms with Gasteiger partial charge in [-0.3, -0.25) is 0 Å². The predicted molar refractivity (Wildman–Crippen MR) is 69.6 cm³/mol. The fraction of sp³-hybridized carbons (Fsp3) is 0. The first-order valence-corrected chi connectivity index (χ1v) is 6.01. The Hall–Kier alpha value is -2.52. The van der Waals surface area contributed by atoms with Gasteiger partial charge in [-0.25, -0.2) is 15.0 Å². The summed E-state index contributed by atoms with van der Waals surface area (Å²) in [5, 5.41) is 12.5. The van der Waals surface area contributed by atoms with Gasteiger partial charge in [0.05, 0.1) is 22.6 Å². The number of thiazole rings is 1. The summed E-state index contributed by atoms with van der Waals surface area (Å²) in [7, 11) is 0. The summed E-state index contributed by atoms with van der Waals surface area (Å²) in [6, 6.07) is 9.83. The minimum Gasteiger partial charge on any atom is -0.315 e. The summed E-state index contributed by atoms with van der Waals surface area (Å²) in [5.41, 5.74) is 1.25. The van der Waals surface area contributed by atoms with Crippen molar-refractivity contribution in [1.29, 1.82) is 5.26 Å². The lowest BCUT2D eigenvalue weighted by atomic mass is 10.3. The molecular weight excluding hydrogens is 246 g/mol. The molecule has 0 aliphatic carbocycles. The number of para-hydroxylation sites is 1. The molecule has 1 aromatic carbocycles. The van der Waals surface area contributed by atoms with Gasteiger partial charge in [0.2, 0.25) is 0 Å². The molecule has 0 saturated carbocycles. The van der Waals surface area contributed by atoms with Crippen molar-refractivity contribution in [3.63, 3.8) is 0 Å². The number of anilines is 2. The summed E-state index contributed by atoms with van der Waals surface area (Å²) in [6.07, 6.45) is 2.94. The molecule has 0 unspecified atom stereocenters. The molecular formula is C12H7N5S. The molecule has 0 aliphatic heterocycles. The van der Waals surface area contributed by atoms with Crippen LogP contribution in [-0.2, 0) is 0 Å². The molecule has 18 heavy (non-hydrogen) atoms. The van der Waals surface area contributed by atoms with Crippen LogP contribution in [0.5, 0.6) is 0 Å². The van der Waals surface area contributed by atoms with Crippen LogP contribution >= 0.6 is 11.3 Å². The highest BCUT2D eigenvalue weighted by atomic mass is 32.1. The number of benzene rings is 1. The fourth-order valence-corrected chi connectivity index (χ4v) is 2.36.